The van der Waals surface area contributed by atoms with Gasteiger partial charge >= 0.3 is 0 Å². The van der Waals surface area contributed by atoms with Gasteiger partial charge in [0, 0.05) is 30.9 Å². The summed E-state index contributed by atoms with van der Waals surface area (Å²) in [5.41, 5.74) is 1.75. The van der Waals surface area contributed by atoms with Gasteiger partial charge in [0.15, 0.2) is 0 Å². The van der Waals surface area contributed by atoms with Crippen molar-refractivity contribution in [1.29, 1.82) is 0 Å². The smallest absolute Gasteiger partial charge is 0.270 e. The summed E-state index contributed by atoms with van der Waals surface area (Å²) in [6.45, 7) is 2.15. The minimum absolute atomic E-state index is 0.0449. The van der Waals surface area contributed by atoms with E-state index in [2.05, 4.69) is 10.3 Å². The molecule has 0 saturated carbocycles. The summed E-state index contributed by atoms with van der Waals surface area (Å²) in [6, 6.07) is 11.5. The first kappa shape index (κ1) is 13.2. The Morgan fingerprint density at radius 3 is 2.95 bits per heavy atom. The average molecular weight is 290 g/mol. The number of aromatic nitrogens is 1. The molecule has 1 aromatic carbocycles. The van der Waals surface area contributed by atoms with E-state index in [0.29, 0.717) is 12.2 Å². The Bertz CT molecular complexity index is 597. The molecule has 1 aliphatic rings. The van der Waals surface area contributed by atoms with Crippen LogP contribution in [0.3, 0.4) is 0 Å². The fourth-order valence-electron chi connectivity index (χ4n) is 2.51. The van der Waals surface area contributed by atoms with Crippen molar-refractivity contribution in [3.05, 3.63) is 58.9 Å². The van der Waals surface area contributed by atoms with Crippen LogP contribution in [0.2, 0.25) is 5.02 Å². The zero-order valence-corrected chi connectivity index (χ0v) is 11.7. The summed E-state index contributed by atoms with van der Waals surface area (Å²) < 4.78 is 0. The third-order valence-corrected chi connectivity index (χ3v) is 3.78. The highest BCUT2D eigenvalue weighted by Crippen LogP contribution is 2.21. The lowest BCUT2D eigenvalue weighted by molar-refractivity contribution is 0.0697. The number of carbonyl (C=O) groups excluding carboxylic acids is 1. The van der Waals surface area contributed by atoms with Crippen LogP contribution in [0, 0.1) is 0 Å². The van der Waals surface area contributed by atoms with E-state index in [1.165, 1.54) is 0 Å². The SMILES string of the molecule is O=C(c1ccc[nH]1)N1CCN[C@H](c2cccc(Cl)c2)C1. The minimum atomic E-state index is 0.0449. The molecule has 20 heavy (non-hydrogen) atoms. The van der Waals surface area contributed by atoms with Gasteiger partial charge in [-0.05, 0) is 29.8 Å². The van der Waals surface area contributed by atoms with Gasteiger partial charge in [-0.15, -0.1) is 0 Å². The van der Waals surface area contributed by atoms with E-state index in [1.54, 1.807) is 12.3 Å². The number of nitrogens with one attached hydrogen (secondary N) is 2. The Kier molecular flexibility index (Phi) is 3.76. The number of carbonyl (C=O) groups is 1. The molecule has 2 N–H and O–H groups in total. The molecule has 4 nitrogen and oxygen atoms in total. The molecule has 0 radical (unpaired) electrons. The van der Waals surface area contributed by atoms with Gasteiger partial charge in [0.1, 0.15) is 5.69 Å². The fourth-order valence-corrected chi connectivity index (χ4v) is 2.71. The lowest BCUT2D eigenvalue weighted by Crippen LogP contribution is -2.48. The quantitative estimate of drug-likeness (QED) is 0.892. The summed E-state index contributed by atoms with van der Waals surface area (Å²) in [4.78, 5) is 17.2. The summed E-state index contributed by atoms with van der Waals surface area (Å²) in [5, 5.41) is 4.15. The number of amides is 1. The van der Waals surface area contributed by atoms with E-state index in [0.717, 1.165) is 23.7 Å². The maximum atomic E-state index is 12.3. The summed E-state index contributed by atoms with van der Waals surface area (Å²) in [7, 11) is 0. The van der Waals surface area contributed by atoms with Crippen molar-refractivity contribution in [2.45, 2.75) is 6.04 Å². The normalized spacial score (nSPS) is 19.1. The Morgan fingerprint density at radius 2 is 2.20 bits per heavy atom. The molecule has 3 rings (SSSR count). The molecule has 1 fully saturated rings. The third-order valence-electron chi connectivity index (χ3n) is 3.54. The lowest BCUT2D eigenvalue weighted by Gasteiger charge is -2.33. The van der Waals surface area contributed by atoms with Gasteiger partial charge in [0.05, 0.1) is 6.04 Å². The molecule has 1 aromatic heterocycles. The molecule has 0 aliphatic carbocycles. The minimum Gasteiger partial charge on any atom is -0.357 e. The highest BCUT2D eigenvalue weighted by atomic mass is 35.5. The summed E-state index contributed by atoms with van der Waals surface area (Å²) >= 11 is 6.03. The number of aromatic amines is 1. The van der Waals surface area contributed by atoms with Crippen LogP contribution < -0.4 is 5.32 Å². The van der Waals surface area contributed by atoms with Gasteiger partial charge in [-0.3, -0.25) is 4.79 Å². The van der Waals surface area contributed by atoms with Gasteiger partial charge in [0.2, 0.25) is 0 Å². The van der Waals surface area contributed by atoms with E-state index in [1.807, 2.05) is 35.2 Å². The first-order valence-electron chi connectivity index (χ1n) is 6.65. The van der Waals surface area contributed by atoms with Crippen LogP contribution in [-0.4, -0.2) is 35.4 Å². The predicted octanol–water partition coefficient (Wildman–Crippen LogP) is 2.45. The number of hydrogen-bond acceptors (Lipinski definition) is 2. The molecule has 1 aliphatic heterocycles. The van der Waals surface area contributed by atoms with Crippen LogP contribution in [0.15, 0.2) is 42.6 Å². The standard InChI is InChI=1S/C15H16ClN3O/c16-12-4-1-3-11(9-12)14-10-19(8-7-18-14)15(20)13-5-2-6-17-13/h1-6,9,14,17-18H,7-8,10H2/t14-/m0/s1. The zero-order chi connectivity index (χ0) is 13.9. The molecule has 0 unspecified atom stereocenters. The Morgan fingerprint density at radius 1 is 1.30 bits per heavy atom. The Balaban J connectivity index is 1.75. The molecule has 0 bridgehead atoms. The summed E-state index contributed by atoms with van der Waals surface area (Å²) in [6.07, 6.45) is 1.77. The van der Waals surface area contributed by atoms with Crippen LogP contribution >= 0.6 is 11.6 Å². The number of piperazine rings is 1. The number of H-pyrrole nitrogens is 1. The first-order chi connectivity index (χ1) is 9.74. The monoisotopic (exact) mass is 289 g/mol. The first-order valence-corrected chi connectivity index (χ1v) is 7.03. The second kappa shape index (κ2) is 5.69. The number of nitrogens with zero attached hydrogens (tertiary/aromatic N) is 1. The molecule has 2 aromatic rings. The average Bonchev–Trinajstić information content (AvgIpc) is 3.01. The fraction of sp³-hybridized carbons (Fsp3) is 0.267. The van der Waals surface area contributed by atoms with E-state index in [-0.39, 0.29) is 11.9 Å². The second-order valence-electron chi connectivity index (χ2n) is 4.90. The van der Waals surface area contributed by atoms with Crippen LogP contribution in [0.25, 0.3) is 0 Å². The van der Waals surface area contributed by atoms with Crippen molar-refractivity contribution >= 4 is 17.5 Å². The van der Waals surface area contributed by atoms with E-state index < -0.39 is 0 Å². The molecular weight excluding hydrogens is 274 g/mol. The third kappa shape index (κ3) is 2.71. The lowest BCUT2D eigenvalue weighted by atomic mass is 10.0. The number of halogens is 1. The maximum Gasteiger partial charge on any atom is 0.270 e. The molecule has 0 spiro atoms. The van der Waals surface area contributed by atoms with E-state index in [9.17, 15) is 4.79 Å². The zero-order valence-electron chi connectivity index (χ0n) is 11.0. The van der Waals surface area contributed by atoms with Gasteiger partial charge in [-0.25, -0.2) is 0 Å². The van der Waals surface area contributed by atoms with Crippen molar-refractivity contribution in [1.82, 2.24) is 15.2 Å². The molecule has 2 heterocycles. The Hall–Kier alpha value is -1.78. The molecule has 104 valence electrons. The summed E-state index contributed by atoms with van der Waals surface area (Å²) in [5.74, 6) is 0.0449. The van der Waals surface area contributed by atoms with E-state index in [4.69, 9.17) is 11.6 Å². The van der Waals surface area contributed by atoms with Crippen molar-refractivity contribution in [3.63, 3.8) is 0 Å². The number of benzene rings is 1. The van der Waals surface area contributed by atoms with E-state index >= 15 is 0 Å². The largest absolute Gasteiger partial charge is 0.357 e. The van der Waals surface area contributed by atoms with Crippen molar-refractivity contribution < 1.29 is 4.79 Å². The van der Waals surface area contributed by atoms with Crippen molar-refractivity contribution in [2.75, 3.05) is 19.6 Å². The molecule has 1 atom stereocenters. The van der Waals surface area contributed by atoms with Gasteiger partial charge < -0.3 is 15.2 Å². The van der Waals surface area contributed by atoms with Gasteiger partial charge in [-0.1, -0.05) is 23.7 Å². The van der Waals surface area contributed by atoms with Crippen LogP contribution in [0.4, 0.5) is 0 Å². The highest BCUT2D eigenvalue weighted by molar-refractivity contribution is 6.30. The van der Waals surface area contributed by atoms with Crippen LogP contribution in [0.5, 0.6) is 0 Å². The molecule has 1 saturated heterocycles. The Labute approximate surface area is 122 Å². The molecule has 1 amide bonds. The number of hydrogen-bond donors (Lipinski definition) is 2. The second-order valence-corrected chi connectivity index (χ2v) is 5.33. The molecule has 5 heteroatoms. The van der Waals surface area contributed by atoms with Crippen LogP contribution in [-0.2, 0) is 0 Å². The number of rotatable bonds is 2. The highest BCUT2D eigenvalue weighted by Gasteiger charge is 2.25. The maximum absolute atomic E-state index is 12.3. The molecular formula is C15H16ClN3O. The van der Waals surface area contributed by atoms with Crippen LogP contribution in [0.1, 0.15) is 22.1 Å². The topological polar surface area (TPSA) is 48.1 Å². The van der Waals surface area contributed by atoms with Gasteiger partial charge in [0.25, 0.3) is 5.91 Å². The van der Waals surface area contributed by atoms with Crippen molar-refractivity contribution in [3.8, 4) is 0 Å². The predicted molar refractivity (Wildman–Crippen MR) is 78.9 cm³/mol. The van der Waals surface area contributed by atoms with Crippen molar-refractivity contribution in [2.24, 2.45) is 0 Å². The van der Waals surface area contributed by atoms with Gasteiger partial charge in [-0.2, -0.15) is 0 Å².